The summed E-state index contributed by atoms with van der Waals surface area (Å²) in [4.78, 5) is 20.7. The molecule has 1 heterocycles. The van der Waals surface area contributed by atoms with Crippen LogP contribution in [0.1, 0.15) is 38.2 Å². The van der Waals surface area contributed by atoms with Crippen molar-refractivity contribution in [3.63, 3.8) is 0 Å². The summed E-state index contributed by atoms with van der Waals surface area (Å²) in [5, 5.41) is 14.8. The maximum absolute atomic E-state index is 9.10. The predicted octanol–water partition coefficient (Wildman–Crippen LogP) is 2.46. The van der Waals surface area contributed by atoms with E-state index in [2.05, 4.69) is 43.0 Å². The first-order valence-electron chi connectivity index (χ1n) is 8.93. The largest absolute Gasteiger partial charge is 0.493 e. The van der Waals surface area contributed by atoms with Gasteiger partial charge in [-0.1, -0.05) is 32.0 Å². The highest BCUT2D eigenvalue weighted by molar-refractivity contribution is 6.27. The Morgan fingerprint density at radius 1 is 1.19 bits per heavy atom. The molecule has 1 aromatic carbocycles. The minimum atomic E-state index is -1.82. The average Bonchev–Trinajstić information content (AvgIpc) is 2.66. The van der Waals surface area contributed by atoms with Crippen LogP contribution in [0.25, 0.3) is 0 Å². The van der Waals surface area contributed by atoms with Crippen LogP contribution in [0, 0.1) is 0 Å². The topological polar surface area (TPSA) is 96.3 Å². The number of carboxylic acids is 2. The lowest BCUT2D eigenvalue weighted by Gasteiger charge is -2.26. The van der Waals surface area contributed by atoms with Crippen LogP contribution >= 0.6 is 0 Å². The molecule has 1 saturated heterocycles. The van der Waals surface area contributed by atoms with E-state index in [0.717, 1.165) is 58.0 Å². The second-order valence-electron chi connectivity index (χ2n) is 6.11. The van der Waals surface area contributed by atoms with Gasteiger partial charge in [-0.2, -0.15) is 0 Å². The lowest BCUT2D eigenvalue weighted by Crippen LogP contribution is -2.37. The smallest absolute Gasteiger partial charge is 0.414 e. The fraction of sp³-hybridized carbons (Fsp3) is 0.579. The van der Waals surface area contributed by atoms with E-state index in [1.165, 1.54) is 5.56 Å². The van der Waals surface area contributed by atoms with Crippen LogP contribution in [0.5, 0.6) is 5.75 Å². The molecule has 1 atom stereocenters. The van der Waals surface area contributed by atoms with Crippen molar-refractivity contribution in [1.29, 1.82) is 0 Å². The molecule has 7 heteroatoms. The van der Waals surface area contributed by atoms with E-state index < -0.39 is 11.9 Å². The number of morpholine rings is 1. The minimum absolute atomic E-state index is 0.561. The van der Waals surface area contributed by atoms with Crippen molar-refractivity contribution in [2.45, 2.75) is 32.6 Å². The molecule has 0 saturated carbocycles. The third-order valence-electron chi connectivity index (χ3n) is 4.23. The quantitative estimate of drug-likeness (QED) is 0.564. The number of benzene rings is 1. The van der Waals surface area contributed by atoms with Crippen LogP contribution in [-0.2, 0) is 14.3 Å². The van der Waals surface area contributed by atoms with E-state index in [1.54, 1.807) is 0 Å². The van der Waals surface area contributed by atoms with Crippen molar-refractivity contribution in [2.75, 3.05) is 39.5 Å². The van der Waals surface area contributed by atoms with Gasteiger partial charge in [0.1, 0.15) is 5.75 Å². The Labute approximate surface area is 154 Å². The van der Waals surface area contributed by atoms with Gasteiger partial charge in [0.2, 0.25) is 0 Å². The predicted molar refractivity (Wildman–Crippen MR) is 97.8 cm³/mol. The van der Waals surface area contributed by atoms with Crippen molar-refractivity contribution < 1.29 is 29.3 Å². The van der Waals surface area contributed by atoms with Gasteiger partial charge < -0.3 is 19.7 Å². The molecule has 2 rings (SSSR count). The van der Waals surface area contributed by atoms with Crippen LogP contribution in [0.4, 0.5) is 0 Å². The number of rotatable bonds is 7. The summed E-state index contributed by atoms with van der Waals surface area (Å²) in [6, 6.07) is 8.44. The number of para-hydroxylation sites is 1. The number of carboxylic acid groups (broad SMARTS) is 2. The Hall–Kier alpha value is -2.12. The van der Waals surface area contributed by atoms with Gasteiger partial charge in [-0.3, -0.25) is 4.90 Å². The Morgan fingerprint density at radius 3 is 2.38 bits per heavy atom. The number of hydrogen-bond donors (Lipinski definition) is 2. The van der Waals surface area contributed by atoms with Gasteiger partial charge in [-0.15, -0.1) is 0 Å². The average molecular weight is 367 g/mol. The monoisotopic (exact) mass is 367 g/mol. The molecule has 1 fully saturated rings. The fourth-order valence-corrected chi connectivity index (χ4v) is 2.53. The first-order valence-corrected chi connectivity index (χ1v) is 8.93. The normalized spacial score (nSPS) is 15.5. The highest BCUT2D eigenvalue weighted by Gasteiger charge is 2.11. The Morgan fingerprint density at radius 2 is 1.81 bits per heavy atom. The summed E-state index contributed by atoms with van der Waals surface area (Å²) < 4.78 is 11.4. The molecular formula is C19H29NO6. The minimum Gasteiger partial charge on any atom is -0.493 e. The van der Waals surface area contributed by atoms with Crippen molar-refractivity contribution in [3.8, 4) is 5.75 Å². The zero-order valence-corrected chi connectivity index (χ0v) is 15.5. The van der Waals surface area contributed by atoms with Crippen molar-refractivity contribution in [2.24, 2.45) is 0 Å². The first kappa shape index (κ1) is 21.9. The maximum Gasteiger partial charge on any atom is 0.414 e. The molecule has 2 N–H and O–H groups in total. The molecule has 0 bridgehead atoms. The SMILES string of the molecule is CCC(C)c1ccccc1OCCCN1CCOCC1.O=C(O)C(=O)O. The zero-order chi connectivity index (χ0) is 19.4. The number of aliphatic carboxylic acids is 2. The van der Waals surface area contributed by atoms with Gasteiger partial charge >= 0.3 is 11.9 Å². The highest BCUT2D eigenvalue weighted by atomic mass is 16.5. The van der Waals surface area contributed by atoms with E-state index in [-0.39, 0.29) is 0 Å². The summed E-state index contributed by atoms with van der Waals surface area (Å²) in [5.41, 5.74) is 1.33. The molecule has 1 aromatic rings. The van der Waals surface area contributed by atoms with E-state index in [0.29, 0.717) is 5.92 Å². The van der Waals surface area contributed by atoms with E-state index in [9.17, 15) is 0 Å². The van der Waals surface area contributed by atoms with E-state index in [1.807, 2.05) is 0 Å². The van der Waals surface area contributed by atoms with Crippen molar-refractivity contribution >= 4 is 11.9 Å². The molecule has 146 valence electrons. The number of carbonyl (C=O) groups is 2. The van der Waals surface area contributed by atoms with Crippen molar-refractivity contribution in [3.05, 3.63) is 29.8 Å². The van der Waals surface area contributed by atoms with Gasteiger partial charge in [-0.05, 0) is 30.4 Å². The molecule has 0 aromatic heterocycles. The summed E-state index contributed by atoms with van der Waals surface area (Å²) >= 11 is 0. The molecule has 0 aliphatic carbocycles. The molecular weight excluding hydrogens is 338 g/mol. The second-order valence-corrected chi connectivity index (χ2v) is 6.11. The summed E-state index contributed by atoms with van der Waals surface area (Å²) in [6.45, 7) is 10.2. The molecule has 0 amide bonds. The molecule has 1 aliphatic rings. The van der Waals surface area contributed by atoms with E-state index in [4.69, 9.17) is 29.3 Å². The molecule has 7 nitrogen and oxygen atoms in total. The molecule has 1 aliphatic heterocycles. The Balaban J connectivity index is 0.000000487. The highest BCUT2D eigenvalue weighted by Crippen LogP contribution is 2.28. The number of nitrogens with zero attached hydrogens (tertiary/aromatic N) is 1. The van der Waals surface area contributed by atoms with Gasteiger partial charge in [0.25, 0.3) is 0 Å². The van der Waals surface area contributed by atoms with Gasteiger partial charge in [0.15, 0.2) is 0 Å². The molecule has 1 unspecified atom stereocenters. The molecule has 26 heavy (non-hydrogen) atoms. The first-order chi connectivity index (χ1) is 12.5. The lowest BCUT2D eigenvalue weighted by molar-refractivity contribution is -0.159. The number of hydrogen-bond acceptors (Lipinski definition) is 5. The van der Waals surface area contributed by atoms with Gasteiger partial charge in [0.05, 0.1) is 19.8 Å². The van der Waals surface area contributed by atoms with Gasteiger partial charge in [-0.25, -0.2) is 9.59 Å². The summed E-state index contributed by atoms with van der Waals surface area (Å²) in [6.07, 6.45) is 2.23. The second kappa shape index (κ2) is 12.3. The van der Waals surface area contributed by atoms with Crippen LogP contribution in [0.15, 0.2) is 24.3 Å². The third kappa shape index (κ3) is 8.31. The summed E-state index contributed by atoms with van der Waals surface area (Å²) in [7, 11) is 0. The van der Waals surface area contributed by atoms with E-state index >= 15 is 0 Å². The number of ether oxygens (including phenoxy) is 2. The maximum atomic E-state index is 9.10. The summed E-state index contributed by atoms with van der Waals surface area (Å²) in [5.74, 6) is -2.03. The van der Waals surface area contributed by atoms with Gasteiger partial charge in [0, 0.05) is 19.6 Å². The zero-order valence-electron chi connectivity index (χ0n) is 15.5. The van der Waals surface area contributed by atoms with Crippen LogP contribution in [0.2, 0.25) is 0 Å². The molecule has 0 spiro atoms. The molecule has 0 radical (unpaired) electrons. The fourth-order valence-electron chi connectivity index (χ4n) is 2.53. The standard InChI is InChI=1S/C17H27NO2.C2H2O4/c1-3-15(2)16-7-4-5-8-17(16)20-12-6-9-18-10-13-19-14-11-18;3-1(4)2(5)6/h4-5,7-8,15H,3,6,9-14H2,1-2H3;(H,3,4)(H,5,6). The van der Waals surface area contributed by atoms with Crippen LogP contribution in [-0.4, -0.2) is 66.5 Å². The third-order valence-corrected chi connectivity index (χ3v) is 4.23. The lowest BCUT2D eigenvalue weighted by atomic mass is 9.98. The van der Waals surface area contributed by atoms with Crippen molar-refractivity contribution in [1.82, 2.24) is 4.90 Å². The van der Waals surface area contributed by atoms with Crippen LogP contribution < -0.4 is 4.74 Å². The Kier molecular flexibility index (Phi) is 10.3. The van der Waals surface area contributed by atoms with Crippen LogP contribution in [0.3, 0.4) is 0 Å². The Bertz CT molecular complexity index is 545.